The first-order chi connectivity index (χ1) is 9.60. The zero-order valence-electron chi connectivity index (χ0n) is 11.8. The van der Waals surface area contributed by atoms with Crippen LogP contribution >= 0.6 is 0 Å². The van der Waals surface area contributed by atoms with E-state index >= 15 is 0 Å². The van der Waals surface area contributed by atoms with Crippen LogP contribution in [0.5, 0.6) is 0 Å². The van der Waals surface area contributed by atoms with Crippen molar-refractivity contribution in [3.63, 3.8) is 0 Å². The highest BCUT2D eigenvalue weighted by molar-refractivity contribution is 5.83. The molecular weight excluding hydrogens is 256 g/mol. The Kier molecular flexibility index (Phi) is 4.74. The van der Waals surface area contributed by atoms with Crippen molar-refractivity contribution in [1.82, 2.24) is 10.6 Å². The Morgan fingerprint density at radius 3 is 2.80 bits per heavy atom. The smallest absolute Gasteiger partial charge is 0.307 e. The second-order valence-corrected chi connectivity index (χ2v) is 5.10. The summed E-state index contributed by atoms with van der Waals surface area (Å²) in [5.41, 5.74) is 2.44. The molecule has 1 aliphatic rings. The van der Waals surface area contributed by atoms with Crippen LogP contribution in [0, 0.1) is 0 Å². The van der Waals surface area contributed by atoms with Gasteiger partial charge in [-0.15, -0.1) is 0 Å². The highest BCUT2D eigenvalue weighted by Gasteiger charge is 2.25. The molecule has 1 aliphatic heterocycles. The van der Waals surface area contributed by atoms with Gasteiger partial charge in [0.2, 0.25) is 5.91 Å². The van der Waals surface area contributed by atoms with E-state index < -0.39 is 0 Å². The number of benzene rings is 1. The summed E-state index contributed by atoms with van der Waals surface area (Å²) in [6.07, 6.45) is 0.860. The maximum Gasteiger partial charge on any atom is 0.307 e. The van der Waals surface area contributed by atoms with Gasteiger partial charge in [-0.2, -0.15) is 0 Å². The van der Waals surface area contributed by atoms with E-state index in [0.29, 0.717) is 13.0 Å². The molecule has 108 valence electrons. The molecule has 1 amide bonds. The Labute approximate surface area is 118 Å². The van der Waals surface area contributed by atoms with Gasteiger partial charge in [0, 0.05) is 12.6 Å². The molecule has 1 aromatic rings. The molecule has 0 saturated carbocycles. The van der Waals surface area contributed by atoms with Crippen LogP contribution in [0.25, 0.3) is 0 Å². The number of hydrogen-bond acceptors (Lipinski definition) is 4. The molecule has 20 heavy (non-hydrogen) atoms. The number of fused-ring (bicyclic) bond motifs is 1. The van der Waals surface area contributed by atoms with Crippen molar-refractivity contribution in [3.8, 4) is 0 Å². The highest BCUT2D eigenvalue weighted by atomic mass is 16.5. The van der Waals surface area contributed by atoms with Gasteiger partial charge in [0.1, 0.15) is 0 Å². The van der Waals surface area contributed by atoms with Gasteiger partial charge in [-0.05, 0) is 24.5 Å². The Morgan fingerprint density at radius 2 is 2.10 bits per heavy atom. The lowest BCUT2D eigenvalue weighted by molar-refractivity contribution is -0.141. The van der Waals surface area contributed by atoms with E-state index in [1.807, 2.05) is 18.2 Å². The van der Waals surface area contributed by atoms with Crippen molar-refractivity contribution in [3.05, 3.63) is 35.4 Å². The van der Waals surface area contributed by atoms with Gasteiger partial charge < -0.3 is 15.4 Å². The summed E-state index contributed by atoms with van der Waals surface area (Å²) < 4.78 is 4.59. The Morgan fingerprint density at radius 1 is 1.40 bits per heavy atom. The SMILES string of the molecule is COC(=O)CC(C)NC(=O)C1Cc2ccccc2CN1. The van der Waals surface area contributed by atoms with Crippen molar-refractivity contribution in [1.29, 1.82) is 0 Å². The summed E-state index contributed by atoms with van der Waals surface area (Å²) in [5, 5.41) is 6.06. The van der Waals surface area contributed by atoms with Gasteiger partial charge in [0.05, 0.1) is 19.6 Å². The lowest BCUT2D eigenvalue weighted by Crippen LogP contribution is -2.50. The van der Waals surface area contributed by atoms with E-state index in [1.54, 1.807) is 6.92 Å². The normalized spacial score (nSPS) is 18.8. The molecule has 1 heterocycles. The van der Waals surface area contributed by atoms with Crippen LogP contribution in [0.15, 0.2) is 24.3 Å². The van der Waals surface area contributed by atoms with Crippen molar-refractivity contribution in [2.75, 3.05) is 7.11 Å². The molecule has 1 aromatic carbocycles. The van der Waals surface area contributed by atoms with Crippen LogP contribution in [-0.4, -0.2) is 31.1 Å². The number of carbonyl (C=O) groups excluding carboxylic acids is 2. The number of carbonyl (C=O) groups is 2. The first-order valence-corrected chi connectivity index (χ1v) is 6.77. The molecule has 2 atom stereocenters. The minimum atomic E-state index is -0.320. The molecule has 0 saturated heterocycles. The molecule has 2 N–H and O–H groups in total. The standard InChI is InChI=1S/C15H20N2O3/c1-10(7-14(18)20-2)17-15(19)13-8-11-5-3-4-6-12(11)9-16-13/h3-6,10,13,16H,7-9H2,1-2H3,(H,17,19). The van der Waals surface area contributed by atoms with Gasteiger partial charge >= 0.3 is 5.97 Å². The molecule has 2 unspecified atom stereocenters. The molecule has 0 aliphatic carbocycles. The number of methoxy groups -OCH3 is 1. The van der Waals surface area contributed by atoms with E-state index in [9.17, 15) is 9.59 Å². The number of rotatable bonds is 4. The van der Waals surface area contributed by atoms with Crippen molar-refractivity contribution in [2.45, 2.75) is 38.4 Å². The topological polar surface area (TPSA) is 67.4 Å². The second-order valence-electron chi connectivity index (χ2n) is 5.10. The fourth-order valence-corrected chi connectivity index (χ4v) is 2.37. The lowest BCUT2D eigenvalue weighted by Gasteiger charge is -2.26. The monoisotopic (exact) mass is 276 g/mol. The maximum absolute atomic E-state index is 12.2. The van der Waals surface area contributed by atoms with E-state index in [1.165, 1.54) is 18.2 Å². The van der Waals surface area contributed by atoms with Crippen LogP contribution < -0.4 is 10.6 Å². The minimum Gasteiger partial charge on any atom is -0.469 e. The third-order valence-corrected chi connectivity index (χ3v) is 3.49. The van der Waals surface area contributed by atoms with Gasteiger partial charge in [-0.1, -0.05) is 24.3 Å². The Bertz CT molecular complexity index is 502. The largest absolute Gasteiger partial charge is 0.469 e. The highest BCUT2D eigenvalue weighted by Crippen LogP contribution is 2.16. The van der Waals surface area contributed by atoms with Crippen LogP contribution in [0.4, 0.5) is 0 Å². The predicted octanol–water partition coefficient (Wildman–Crippen LogP) is 0.769. The van der Waals surface area contributed by atoms with Crippen LogP contribution in [0.3, 0.4) is 0 Å². The maximum atomic E-state index is 12.2. The molecule has 5 nitrogen and oxygen atoms in total. The molecule has 0 fully saturated rings. The fraction of sp³-hybridized carbons (Fsp3) is 0.467. The average molecular weight is 276 g/mol. The van der Waals surface area contributed by atoms with Crippen molar-refractivity contribution >= 4 is 11.9 Å². The summed E-state index contributed by atoms with van der Waals surface area (Å²) in [7, 11) is 1.34. The van der Waals surface area contributed by atoms with Crippen molar-refractivity contribution in [2.24, 2.45) is 0 Å². The van der Waals surface area contributed by atoms with Crippen LogP contribution in [0.1, 0.15) is 24.5 Å². The molecule has 0 spiro atoms. The molecular formula is C15H20N2O3. The minimum absolute atomic E-state index is 0.0732. The predicted molar refractivity (Wildman–Crippen MR) is 75.0 cm³/mol. The van der Waals surface area contributed by atoms with Crippen LogP contribution in [0.2, 0.25) is 0 Å². The van der Waals surface area contributed by atoms with Gasteiger partial charge in [0.25, 0.3) is 0 Å². The van der Waals surface area contributed by atoms with Gasteiger partial charge in [0.15, 0.2) is 0 Å². The molecule has 0 radical (unpaired) electrons. The van der Waals surface area contributed by atoms with Gasteiger partial charge in [-0.3, -0.25) is 9.59 Å². The molecule has 5 heteroatoms. The zero-order valence-corrected chi connectivity index (χ0v) is 11.8. The van der Waals surface area contributed by atoms with E-state index in [-0.39, 0.29) is 30.4 Å². The molecule has 0 aromatic heterocycles. The quantitative estimate of drug-likeness (QED) is 0.797. The molecule has 0 bridgehead atoms. The fourth-order valence-electron chi connectivity index (χ4n) is 2.37. The summed E-state index contributed by atoms with van der Waals surface area (Å²) in [5.74, 6) is -0.393. The molecule has 2 rings (SSSR count). The first-order valence-electron chi connectivity index (χ1n) is 6.77. The summed E-state index contributed by atoms with van der Waals surface area (Å²) in [6.45, 7) is 2.49. The van der Waals surface area contributed by atoms with E-state index in [0.717, 1.165) is 0 Å². The van der Waals surface area contributed by atoms with Crippen LogP contribution in [-0.2, 0) is 27.3 Å². The number of esters is 1. The number of hydrogen-bond donors (Lipinski definition) is 2. The average Bonchev–Trinajstić information content (AvgIpc) is 2.46. The summed E-state index contributed by atoms with van der Waals surface area (Å²) in [4.78, 5) is 23.3. The number of nitrogens with one attached hydrogen (secondary N) is 2. The second kappa shape index (κ2) is 6.52. The Hall–Kier alpha value is -1.88. The van der Waals surface area contributed by atoms with E-state index in [4.69, 9.17) is 0 Å². The number of amides is 1. The van der Waals surface area contributed by atoms with E-state index in [2.05, 4.69) is 21.4 Å². The summed E-state index contributed by atoms with van der Waals surface area (Å²) in [6, 6.07) is 7.63. The zero-order chi connectivity index (χ0) is 14.5. The third-order valence-electron chi connectivity index (χ3n) is 3.49. The van der Waals surface area contributed by atoms with Crippen molar-refractivity contribution < 1.29 is 14.3 Å². The summed E-state index contributed by atoms with van der Waals surface area (Å²) >= 11 is 0. The number of ether oxygens (including phenoxy) is 1. The lowest BCUT2D eigenvalue weighted by atomic mass is 9.95. The third kappa shape index (κ3) is 3.57. The Balaban J connectivity index is 1.90. The first kappa shape index (κ1) is 14.5. The van der Waals surface area contributed by atoms with Gasteiger partial charge in [-0.25, -0.2) is 0 Å².